The summed E-state index contributed by atoms with van der Waals surface area (Å²) >= 11 is 0. The Morgan fingerprint density at radius 1 is 0.889 bits per heavy atom. The van der Waals surface area contributed by atoms with Crippen LogP contribution < -0.4 is 5.46 Å². The van der Waals surface area contributed by atoms with Gasteiger partial charge < -0.3 is 4.42 Å². The summed E-state index contributed by atoms with van der Waals surface area (Å²) in [5, 5.41) is 0. The number of hydrogen-bond acceptors (Lipinski definition) is 1. The molecule has 18 heavy (non-hydrogen) atoms. The number of hydrogen-bond donors (Lipinski definition) is 0. The van der Waals surface area contributed by atoms with Crippen molar-refractivity contribution in [3.63, 3.8) is 0 Å². The van der Waals surface area contributed by atoms with Gasteiger partial charge in [-0.25, -0.2) is 0 Å². The third-order valence-corrected chi connectivity index (χ3v) is 4.02. The summed E-state index contributed by atoms with van der Waals surface area (Å²) in [4.78, 5) is 0. The smallest absolute Gasteiger partial charge is 0.0869 e. The third kappa shape index (κ3) is 4.22. The van der Waals surface area contributed by atoms with Gasteiger partial charge >= 0.3 is 0 Å². The Balaban J connectivity index is 3.07. The van der Waals surface area contributed by atoms with Crippen LogP contribution in [-0.4, -0.2) is 6.15 Å². The van der Waals surface area contributed by atoms with Gasteiger partial charge in [0.05, 0.1) is 12.5 Å². The van der Waals surface area contributed by atoms with Crippen molar-refractivity contribution >= 4 is 11.6 Å². The second kappa shape index (κ2) is 6.49. The molecule has 0 radical (unpaired) electrons. The molecule has 0 spiro atoms. The Morgan fingerprint density at radius 3 is 1.61 bits per heavy atom. The molecule has 0 fully saturated rings. The minimum atomic E-state index is -0.469. The highest BCUT2D eigenvalue weighted by Gasteiger charge is 2.29. The minimum absolute atomic E-state index is 0.469. The van der Waals surface area contributed by atoms with E-state index >= 15 is 0 Å². The first kappa shape index (κ1) is 15.4. The Morgan fingerprint density at radius 2 is 1.33 bits per heavy atom. The predicted octanol–water partition coefficient (Wildman–Crippen LogP) is 4.90. The standard InChI is InChI=1S/C16H30BO/c1-13(2)9-17(10-14(3)4,11-15(5)6)16-7-8-18-12-16/h7-8,12-15H,9-11H2,1-6H3/q-1. The first-order chi connectivity index (χ1) is 8.35. The zero-order valence-electron chi connectivity index (χ0n) is 13.1. The molecule has 1 heterocycles. The maximum Gasteiger partial charge on any atom is 0.0869 e. The van der Waals surface area contributed by atoms with E-state index in [1.165, 1.54) is 24.4 Å². The van der Waals surface area contributed by atoms with E-state index in [1.54, 1.807) is 0 Å². The van der Waals surface area contributed by atoms with Crippen LogP contribution in [0.25, 0.3) is 0 Å². The minimum Gasteiger partial charge on any atom is -0.476 e. The second-order valence-corrected chi connectivity index (χ2v) is 7.42. The molecule has 0 aliphatic carbocycles. The maximum absolute atomic E-state index is 5.38. The van der Waals surface area contributed by atoms with Gasteiger partial charge in [0.15, 0.2) is 0 Å². The van der Waals surface area contributed by atoms with E-state index in [0.717, 1.165) is 17.8 Å². The summed E-state index contributed by atoms with van der Waals surface area (Å²) in [7, 11) is 0. The molecule has 0 aromatic carbocycles. The first-order valence-corrected chi connectivity index (χ1v) is 7.58. The van der Waals surface area contributed by atoms with Crippen LogP contribution in [0.4, 0.5) is 0 Å². The molecule has 2 heteroatoms. The molecule has 1 rings (SSSR count). The molecular formula is C16H30BO-. The monoisotopic (exact) mass is 249 g/mol. The van der Waals surface area contributed by atoms with Crippen LogP contribution in [0.15, 0.2) is 23.0 Å². The van der Waals surface area contributed by atoms with E-state index in [0.29, 0.717) is 0 Å². The first-order valence-electron chi connectivity index (χ1n) is 7.58. The second-order valence-electron chi connectivity index (χ2n) is 7.42. The molecular weight excluding hydrogens is 219 g/mol. The quantitative estimate of drug-likeness (QED) is 0.626. The number of furan rings is 1. The van der Waals surface area contributed by atoms with Gasteiger partial charge in [-0.15, -0.1) is 0 Å². The van der Waals surface area contributed by atoms with Crippen molar-refractivity contribution in [3.8, 4) is 0 Å². The van der Waals surface area contributed by atoms with Crippen molar-refractivity contribution in [1.82, 2.24) is 0 Å². The van der Waals surface area contributed by atoms with Gasteiger partial charge in [-0.05, 0) is 0 Å². The fourth-order valence-electron chi connectivity index (χ4n) is 4.03. The van der Waals surface area contributed by atoms with Crippen molar-refractivity contribution in [2.45, 2.75) is 60.5 Å². The highest BCUT2D eigenvalue weighted by atomic mass is 16.3. The summed E-state index contributed by atoms with van der Waals surface area (Å²) in [5.74, 6) is 2.24. The van der Waals surface area contributed by atoms with Crippen molar-refractivity contribution < 1.29 is 4.42 Å². The molecule has 0 unspecified atom stereocenters. The van der Waals surface area contributed by atoms with E-state index in [1.807, 2.05) is 12.5 Å². The van der Waals surface area contributed by atoms with Crippen LogP contribution >= 0.6 is 0 Å². The van der Waals surface area contributed by atoms with Crippen LogP contribution in [0.2, 0.25) is 19.0 Å². The van der Waals surface area contributed by atoms with Crippen molar-refractivity contribution in [2.75, 3.05) is 0 Å². The van der Waals surface area contributed by atoms with Crippen LogP contribution in [0, 0.1) is 17.8 Å². The Bertz CT molecular complexity index is 298. The van der Waals surface area contributed by atoms with Gasteiger partial charge in [-0.3, -0.25) is 0 Å². The molecule has 1 aromatic rings. The predicted molar refractivity (Wildman–Crippen MR) is 83.0 cm³/mol. The van der Waals surface area contributed by atoms with Gasteiger partial charge in [-0.1, -0.05) is 65.4 Å². The third-order valence-electron chi connectivity index (χ3n) is 4.02. The summed E-state index contributed by atoms with van der Waals surface area (Å²) in [6, 6.07) is 2.20. The molecule has 0 saturated carbocycles. The van der Waals surface area contributed by atoms with Gasteiger partial charge in [0, 0.05) is 6.15 Å². The maximum atomic E-state index is 5.38. The van der Waals surface area contributed by atoms with Gasteiger partial charge in [-0.2, -0.15) is 24.4 Å². The van der Waals surface area contributed by atoms with Crippen molar-refractivity contribution in [1.29, 1.82) is 0 Å². The van der Waals surface area contributed by atoms with Gasteiger partial charge in [0.25, 0.3) is 0 Å². The van der Waals surface area contributed by atoms with Crippen molar-refractivity contribution in [3.05, 3.63) is 18.6 Å². The molecule has 0 aliphatic heterocycles. The highest BCUT2D eigenvalue weighted by molar-refractivity contribution is 6.92. The Labute approximate surface area is 113 Å². The van der Waals surface area contributed by atoms with Crippen LogP contribution in [-0.2, 0) is 0 Å². The lowest BCUT2D eigenvalue weighted by molar-refractivity contribution is 0.568. The van der Waals surface area contributed by atoms with Crippen LogP contribution in [0.5, 0.6) is 0 Å². The summed E-state index contributed by atoms with van der Waals surface area (Å²) in [6.07, 6.45) is 7.31. The normalized spacial score (nSPS) is 12.9. The Kier molecular flexibility index (Phi) is 5.56. The zero-order chi connectivity index (χ0) is 13.8. The van der Waals surface area contributed by atoms with E-state index in [4.69, 9.17) is 4.42 Å². The fourth-order valence-corrected chi connectivity index (χ4v) is 4.03. The molecule has 0 amide bonds. The largest absolute Gasteiger partial charge is 0.476 e. The fraction of sp³-hybridized carbons (Fsp3) is 0.750. The average Bonchev–Trinajstić information content (AvgIpc) is 2.65. The molecule has 0 bridgehead atoms. The zero-order valence-corrected chi connectivity index (χ0v) is 13.1. The lowest BCUT2D eigenvalue weighted by atomic mass is 9.15. The highest BCUT2D eigenvalue weighted by Crippen LogP contribution is 2.32. The average molecular weight is 249 g/mol. The molecule has 1 nitrogen and oxygen atoms in total. The lowest BCUT2D eigenvalue weighted by Crippen LogP contribution is -2.49. The summed E-state index contributed by atoms with van der Waals surface area (Å²) in [5.41, 5.74) is 1.46. The van der Waals surface area contributed by atoms with E-state index in [2.05, 4.69) is 47.6 Å². The van der Waals surface area contributed by atoms with Crippen LogP contribution in [0.3, 0.4) is 0 Å². The van der Waals surface area contributed by atoms with E-state index < -0.39 is 6.15 Å². The van der Waals surface area contributed by atoms with Gasteiger partial charge in [0.1, 0.15) is 0 Å². The van der Waals surface area contributed by atoms with Crippen LogP contribution in [0.1, 0.15) is 41.5 Å². The Hall–Kier alpha value is -0.655. The van der Waals surface area contributed by atoms with Crippen molar-refractivity contribution in [2.24, 2.45) is 17.8 Å². The topological polar surface area (TPSA) is 13.1 Å². The summed E-state index contributed by atoms with van der Waals surface area (Å²) < 4.78 is 5.38. The SMILES string of the molecule is CC(C)C[B-](CC(C)C)(CC(C)C)c1ccoc1. The molecule has 1 aromatic heterocycles. The lowest BCUT2D eigenvalue weighted by Gasteiger charge is -2.44. The summed E-state index contributed by atoms with van der Waals surface area (Å²) in [6.45, 7) is 14.1. The molecule has 0 saturated heterocycles. The molecule has 0 N–H and O–H groups in total. The molecule has 104 valence electrons. The van der Waals surface area contributed by atoms with Gasteiger partial charge in [0.2, 0.25) is 0 Å². The molecule has 0 atom stereocenters. The molecule has 0 aliphatic rings. The van der Waals surface area contributed by atoms with E-state index in [-0.39, 0.29) is 0 Å². The van der Waals surface area contributed by atoms with E-state index in [9.17, 15) is 0 Å². The number of rotatable bonds is 7.